The van der Waals surface area contributed by atoms with Crippen molar-refractivity contribution < 1.29 is 9.90 Å². The van der Waals surface area contributed by atoms with E-state index in [4.69, 9.17) is 5.11 Å². The Morgan fingerprint density at radius 3 is 2.89 bits per heavy atom. The first-order valence-electron chi connectivity index (χ1n) is 6.32. The lowest BCUT2D eigenvalue weighted by Crippen LogP contribution is -2.40. The average Bonchev–Trinajstić information content (AvgIpc) is 3.07. The number of amides is 1. The van der Waals surface area contributed by atoms with Crippen molar-refractivity contribution >= 4 is 17.2 Å². The Morgan fingerprint density at radius 2 is 2.33 bits per heavy atom. The number of hydrogen-bond donors (Lipinski definition) is 1. The molecule has 1 aromatic heterocycles. The number of rotatable bonds is 7. The van der Waals surface area contributed by atoms with Gasteiger partial charge in [0.15, 0.2) is 0 Å². The molecule has 1 fully saturated rings. The summed E-state index contributed by atoms with van der Waals surface area (Å²) >= 11 is 1.67. The van der Waals surface area contributed by atoms with Crippen LogP contribution in [0, 0.1) is 0 Å². The lowest BCUT2D eigenvalue weighted by Gasteiger charge is -2.24. The van der Waals surface area contributed by atoms with Crippen LogP contribution in [0.15, 0.2) is 17.5 Å². The predicted octanol–water partition coefficient (Wildman–Crippen LogP) is 1.16. The van der Waals surface area contributed by atoms with Crippen LogP contribution in [0.1, 0.15) is 17.7 Å². The molecule has 0 bridgehead atoms. The molecular weight excluding hydrogens is 248 g/mol. The van der Waals surface area contributed by atoms with Crippen LogP contribution in [0.5, 0.6) is 0 Å². The third-order valence-electron chi connectivity index (χ3n) is 3.19. The summed E-state index contributed by atoms with van der Waals surface area (Å²) in [6.07, 6.45) is 2.31. The van der Waals surface area contributed by atoms with Gasteiger partial charge in [-0.05, 0) is 24.3 Å². The van der Waals surface area contributed by atoms with E-state index in [0.717, 1.165) is 12.8 Å². The van der Waals surface area contributed by atoms with Gasteiger partial charge in [-0.25, -0.2) is 0 Å². The van der Waals surface area contributed by atoms with Crippen LogP contribution in [-0.4, -0.2) is 53.6 Å². The van der Waals surface area contributed by atoms with Crippen molar-refractivity contribution in [1.82, 2.24) is 9.80 Å². The van der Waals surface area contributed by atoms with Crippen LogP contribution < -0.4 is 0 Å². The van der Waals surface area contributed by atoms with E-state index in [1.54, 1.807) is 16.2 Å². The zero-order valence-corrected chi connectivity index (χ0v) is 11.5. The number of likely N-dealkylation sites (N-methyl/N-ethyl adjacent to an activating group) is 1. The first kappa shape index (κ1) is 13.5. The van der Waals surface area contributed by atoms with Crippen LogP contribution in [0.3, 0.4) is 0 Å². The van der Waals surface area contributed by atoms with Gasteiger partial charge in [0.1, 0.15) is 0 Å². The molecule has 2 rings (SSSR count). The topological polar surface area (TPSA) is 43.8 Å². The van der Waals surface area contributed by atoms with Gasteiger partial charge in [0, 0.05) is 24.5 Å². The smallest absolute Gasteiger partial charge is 0.236 e. The van der Waals surface area contributed by atoms with Gasteiger partial charge in [0.25, 0.3) is 0 Å². The summed E-state index contributed by atoms with van der Waals surface area (Å²) in [6, 6.07) is 4.55. The fourth-order valence-corrected chi connectivity index (χ4v) is 2.74. The monoisotopic (exact) mass is 268 g/mol. The Balaban J connectivity index is 1.82. The Bertz CT molecular complexity index is 376. The second kappa shape index (κ2) is 6.31. The molecule has 1 aliphatic rings. The number of aliphatic hydroxyl groups excluding tert-OH is 1. The predicted molar refractivity (Wildman–Crippen MR) is 72.5 cm³/mol. The molecule has 1 aliphatic carbocycles. The summed E-state index contributed by atoms with van der Waals surface area (Å²) in [6.45, 7) is 1.82. The van der Waals surface area contributed by atoms with Crippen LogP contribution >= 0.6 is 11.3 Å². The van der Waals surface area contributed by atoms with Gasteiger partial charge in [-0.2, -0.15) is 0 Å². The summed E-state index contributed by atoms with van der Waals surface area (Å²) < 4.78 is 0. The second-order valence-corrected chi connectivity index (χ2v) is 5.79. The van der Waals surface area contributed by atoms with Crippen LogP contribution in [0.2, 0.25) is 0 Å². The molecular formula is C13H20N2O2S. The summed E-state index contributed by atoms with van der Waals surface area (Å²) in [4.78, 5) is 17.1. The molecule has 100 valence electrons. The average molecular weight is 268 g/mol. The Labute approximate surface area is 112 Å². The number of hydrogen-bond acceptors (Lipinski definition) is 4. The van der Waals surface area contributed by atoms with Crippen molar-refractivity contribution in [1.29, 1.82) is 0 Å². The maximum atomic E-state index is 12.1. The molecule has 0 radical (unpaired) electrons. The highest BCUT2D eigenvalue weighted by Gasteiger charge is 2.30. The maximum Gasteiger partial charge on any atom is 0.236 e. The summed E-state index contributed by atoms with van der Waals surface area (Å²) in [5.41, 5.74) is 0. The number of carbonyl (C=O) groups excluding carboxylic acids is 1. The van der Waals surface area contributed by atoms with Gasteiger partial charge >= 0.3 is 0 Å². The standard InChI is InChI=1S/C13H20N2O2S/c1-14(9-12-3-2-8-18-12)13(17)10-15(6-7-16)11-4-5-11/h2-3,8,11,16H,4-7,9-10H2,1H3. The lowest BCUT2D eigenvalue weighted by atomic mass is 10.3. The van der Waals surface area contributed by atoms with Gasteiger partial charge in [-0.1, -0.05) is 6.07 Å². The van der Waals surface area contributed by atoms with E-state index >= 15 is 0 Å². The van der Waals surface area contributed by atoms with E-state index in [-0.39, 0.29) is 12.5 Å². The third kappa shape index (κ3) is 3.80. The Hall–Kier alpha value is -0.910. The van der Waals surface area contributed by atoms with Crippen molar-refractivity contribution in [3.8, 4) is 0 Å². The zero-order chi connectivity index (χ0) is 13.0. The molecule has 1 saturated carbocycles. The quantitative estimate of drug-likeness (QED) is 0.807. The number of nitrogens with zero attached hydrogens (tertiary/aromatic N) is 2. The van der Waals surface area contributed by atoms with Crippen molar-refractivity contribution in [2.75, 3.05) is 26.7 Å². The lowest BCUT2D eigenvalue weighted by molar-refractivity contribution is -0.131. The highest BCUT2D eigenvalue weighted by Crippen LogP contribution is 2.26. The molecule has 0 saturated heterocycles. The first-order chi connectivity index (χ1) is 8.70. The minimum absolute atomic E-state index is 0.123. The fraction of sp³-hybridized carbons (Fsp3) is 0.615. The molecule has 4 nitrogen and oxygen atoms in total. The van der Waals surface area contributed by atoms with Crippen molar-refractivity contribution in [3.63, 3.8) is 0 Å². The van der Waals surface area contributed by atoms with Gasteiger partial charge in [0.2, 0.25) is 5.91 Å². The number of carbonyl (C=O) groups is 1. The van der Waals surface area contributed by atoms with E-state index < -0.39 is 0 Å². The van der Waals surface area contributed by atoms with E-state index in [1.807, 2.05) is 24.6 Å². The zero-order valence-electron chi connectivity index (χ0n) is 10.7. The number of thiophene rings is 1. The summed E-state index contributed by atoms with van der Waals surface area (Å²) in [5.74, 6) is 0.128. The first-order valence-corrected chi connectivity index (χ1v) is 7.20. The van der Waals surface area contributed by atoms with Gasteiger partial charge in [0.05, 0.1) is 19.7 Å². The normalized spacial score (nSPS) is 15.1. The molecule has 5 heteroatoms. The Kier molecular flexibility index (Phi) is 4.74. The van der Waals surface area contributed by atoms with Crippen LogP contribution in [0.4, 0.5) is 0 Å². The summed E-state index contributed by atoms with van der Waals surface area (Å²) in [7, 11) is 1.84. The van der Waals surface area contributed by atoms with Crippen molar-refractivity contribution in [2.45, 2.75) is 25.4 Å². The minimum Gasteiger partial charge on any atom is -0.395 e. The highest BCUT2D eigenvalue weighted by molar-refractivity contribution is 7.09. The molecule has 1 amide bonds. The van der Waals surface area contributed by atoms with Crippen molar-refractivity contribution in [3.05, 3.63) is 22.4 Å². The minimum atomic E-state index is 0.123. The molecule has 18 heavy (non-hydrogen) atoms. The molecule has 1 aromatic rings. The number of aliphatic hydroxyl groups is 1. The van der Waals surface area contributed by atoms with E-state index in [1.165, 1.54) is 4.88 Å². The molecule has 1 heterocycles. The molecule has 0 aromatic carbocycles. The van der Waals surface area contributed by atoms with Gasteiger partial charge in [-0.15, -0.1) is 11.3 Å². The largest absolute Gasteiger partial charge is 0.395 e. The third-order valence-corrected chi connectivity index (χ3v) is 4.05. The van der Waals surface area contributed by atoms with E-state index in [9.17, 15) is 4.79 Å². The molecule has 0 aliphatic heterocycles. The molecule has 1 N–H and O–H groups in total. The molecule has 0 atom stereocenters. The Morgan fingerprint density at radius 1 is 1.56 bits per heavy atom. The van der Waals surface area contributed by atoms with E-state index in [0.29, 0.717) is 25.7 Å². The summed E-state index contributed by atoms with van der Waals surface area (Å²) in [5, 5.41) is 11.0. The second-order valence-electron chi connectivity index (χ2n) is 4.75. The van der Waals surface area contributed by atoms with Crippen LogP contribution in [-0.2, 0) is 11.3 Å². The van der Waals surface area contributed by atoms with Crippen molar-refractivity contribution in [2.24, 2.45) is 0 Å². The molecule has 0 unspecified atom stereocenters. The van der Waals surface area contributed by atoms with E-state index in [2.05, 4.69) is 4.90 Å². The fourth-order valence-electron chi connectivity index (χ4n) is 1.98. The highest BCUT2D eigenvalue weighted by atomic mass is 32.1. The van der Waals surface area contributed by atoms with Crippen LogP contribution in [0.25, 0.3) is 0 Å². The molecule has 0 spiro atoms. The van der Waals surface area contributed by atoms with Gasteiger partial charge < -0.3 is 10.0 Å². The van der Waals surface area contributed by atoms with Gasteiger partial charge in [-0.3, -0.25) is 9.69 Å². The maximum absolute atomic E-state index is 12.1. The SMILES string of the molecule is CN(Cc1cccs1)C(=O)CN(CCO)C1CC1.